The zero-order valence-corrected chi connectivity index (χ0v) is 15.9. The first kappa shape index (κ1) is 18.0. The van der Waals surface area contributed by atoms with Crippen LogP contribution in [0.5, 0.6) is 0 Å². The van der Waals surface area contributed by atoms with Crippen molar-refractivity contribution >= 4 is 34.6 Å². The summed E-state index contributed by atoms with van der Waals surface area (Å²) in [6.45, 7) is 3.82. The predicted molar refractivity (Wildman–Crippen MR) is 113 cm³/mol. The van der Waals surface area contributed by atoms with Crippen LogP contribution in [0.3, 0.4) is 0 Å². The van der Waals surface area contributed by atoms with Crippen molar-refractivity contribution in [1.29, 1.82) is 0 Å². The third-order valence-corrected chi connectivity index (χ3v) is 4.79. The van der Waals surface area contributed by atoms with Gasteiger partial charge in [0.15, 0.2) is 5.78 Å². The molecule has 142 valence electrons. The summed E-state index contributed by atoms with van der Waals surface area (Å²) in [7, 11) is 0. The van der Waals surface area contributed by atoms with Gasteiger partial charge in [-0.2, -0.15) is 4.98 Å². The van der Waals surface area contributed by atoms with Crippen LogP contribution < -0.4 is 15.5 Å². The number of benzene rings is 2. The van der Waals surface area contributed by atoms with Gasteiger partial charge < -0.3 is 15.5 Å². The average Bonchev–Trinajstić information content (AvgIpc) is 3.24. The summed E-state index contributed by atoms with van der Waals surface area (Å²) in [4.78, 5) is 22.8. The van der Waals surface area contributed by atoms with E-state index in [0.717, 1.165) is 24.5 Å². The summed E-state index contributed by atoms with van der Waals surface area (Å²) in [5.74, 6) is 1.21. The highest BCUT2D eigenvalue weighted by atomic mass is 16.1. The Balaban J connectivity index is 1.45. The van der Waals surface area contributed by atoms with Crippen LogP contribution in [0.25, 0.3) is 0 Å². The summed E-state index contributed by atoms with van der Waals surface area (Å²) in [5.41, 5.74) is 3.67. The maximum Gasteiger partial charge on any atom is 0.229 e. The summed E-state index contributed by atoms with van der Waals surface area (Å²) < 4.78 is 0. The molecule has 28 heavy (non-hydrogen) atoms. The van der Waals surface area contributed by atoms with Crippen molar-refractivity contribution in [2.75, 3.05) is 28.6 Å². The van der Waals surface area contributed by atoms with Gasteiger partial charge in [-0.15, -0.1) is 0 Å². The van der Waals surface area contributed by atoms with Crippen molar-refractivity contribution in [3.63, 3.8) is 0 Å². The first-order chi connectivity index (χ1) is 13.7. The minimum absolute atomic E-state index is 0.0334. The number of nitrogens with one attached hydrogen (secondary N) is 2. The quantitative estimate of drug-likeness (QED) is 0.607. The molecule has 6 nitrogen and oxygen atoms in total. The van der Waals surface area contributed by atoms with Crippen LogP contribution in [0, 0.1) is 0 Å². The molecule has 1 fully saturated rings. The average molecular weight is 373 g/mol. The lowest BCUT2D eigenvalue weighted by Crippen LogP contribution is -2.17. The molecule has 0 bridgehead atoms. The number of aromatic nitrogens is 2. The minimum atomic E-state index is 0.0334. The van der Waals surface area contributed by atoms with E-state index < -0.39 is 0 Å². The lowest BCUT2D eigenvalue weighted by atomic mass is 10.1. The molecule has 3 aromatic rings. The molecule has 0 saturated carbocycles. The molecule has 2 aromatic carbocycles. The fraction of sp³-hybridized carbons (Fsp3) is 0.227. The van der Waals surface area contributed by atoms with Crippen LogP contribution in [0.1, 0.15) is 30.1 Å². The SMILES string of the molecule is CC(=O)c1cccc(Nc2ccnc(Nc3ccc(N4CCCC4)cc3)n2)c1. The monoisotopic (exact) mass is 373 g/mol. The van der Waals surface area contributed by atoms with Gasteiger partial charge in [-0.25, -0.2) is 4.98 Å². The molecule has 0 unspecified atom stereocenters. The molecule has 0 aliphatic carbocycles. The van der Waals surface area contributed by atoms with Crippen molar-refractivity contribution in [2.24, 2.45) is 0 Å². The Hall–Kier alpha value is -3.41. The van der Waals surface area contributed by atoms with E-state index in [4.69, 9.17) is 0 Å². The first-order valence-electron chi connectivity index (χ1n) is 9.50. The summed E-state index contributed by atoms with van der Waals surface area (Å²) in [5, 5.41) is 6.46. The van der Waals surface area contributed by atoms with Crippen molar-refractivity contribution in [2.45, 2.75) is 19.8 Å². The van der Waals surface area contributed by atoms with E-state index in [9.17, 15) is 4.79 Å². The molecule has 0 spiro atoms. The molecule has 2 N–H and O–H groups in total. The van der Waals surface area contributed by atoms with Crippen LogP contribution in [-0.2, 0) is 0 Å². The zero-order valence-electron chi connectivity index (χ0n) is 15.9. The molecule has 0 radical (unpaired) electrons. The van der Waals surface area contributed by atoms with Crippen LogP contribution in [0.2, 0.25) is 0 Å². The van der Waals surface area contributed by atoms with Crippen molar-refractivity contribution in [3.8, 4) is 0 Å². The number of ketones is 1. The van der Waals surface area contributed by atoms with Gasteiger partial charge in [-0.05, 0) is 62.2 Å². The number of hydrogen-bond acceptors (Lipinski definition) is 6. The van der Waals surface area contributed by atoms with E-state index in [1.54, 1.807) is 25.3 Å². The van der Waals surface area contributed by atoms with Crippen molar-refractivity contribution < 1.29 is 4.79 Å². The highest BCUT2D eigenvalue weighted by Crippen LogP contribution is 2.24. The van der Waals surface area contributed by atoms with Gasteiger partial charge in [0.05, 0.1) is 0 Å². The minimum Gasteiger partial charge on any atom is -0.372 e. The van der Waals surface area contributed by atoms with E-state index in [-0.39, 0.29) is 5.78 Å². The molecule has 1 saturated heterocycles. The first-order valence-corrected chi connectivity index (χ1v) is 9.50. The number of hydrogen-bond donors (Lipinski definition) is 2. The third kappa shape index (κ3) is 4.28. The van der Waals surface area contributed by atoms with E-state index in [1.165, 1.54) is 18.5 Å². The second-order valence-electron chi connectivity index (χ2n) is 6.89. The summed E-state index contributed by atoms with van der Waals surface area (Å²) >= 11 is 0. The van der Waals surface area contributed by atoms with Crippen molar-refractivity contribution in [1.82, 2.24) is 9.97 Å². The van der Waals surface area contributed by atoms with Crippen molar-refractivity contribution in [3.05, 3.63) is 66.4 Å². The number of carbonyl (C=O) groups is 1. The molecular formula is C22H23N5O. The molecule has 2 heterocycles. The molecule has 0 atom stereocenters. The van der Waals surface area contributed by atoms with E-state index in [2.05, 4.69) is 37.6 Å². The van der Waals surface area contributed by atoms with Gasteiger partial charge in [0, 0.05) is 41.9 Å². The Morgan fingerprint density at radius 2 is 1.75 bits per heavy atom. The van der Waals surface area contributed by atoms with E-state index in [0.29, 0.717) is 17.3 Å². The number of rotatable bonds is 6. The normalized spacial score (nSPS) is 13.4. The molecule has 1 aliphatic rings. The Bertz CT molecular complexity index is 965. The molecular weight excluding hydrogens is 350 g/mol. The molecule has 0 amide bonds. The van der Waals surface area contributed by atoms with Crippen LogP contribution >= 0.6 is 0 Å². The summed E-state index contributed by atoms with van der Waals surface area (Å²) in [6.07, 6.45) is 4.23. The lowest BCUT2D eigenvalue weighted by Gasteiger charge is -2.17. The smallest absolute Gasteiger partial charge is 0.229 e. The summed E-state index contributed by atoms with van der Waals surface area (Å²) in [6, 6.07) is 17.5. The van der Waals surface area contributed by atoms with Crippen LogP contribution in [0.4, 0.5) is 28.8 Å². The Kier molecular flexibility index (Phi) is 5.19. The maximum atomic E-state index is 11.5. The fourth-order valence-corrected chi connectivity index (χ4v) is 3.31. The van der Waals surface area contributed by atoms with Gasteiger partial charge in [-0.1, -0.05) is 12.1 Å². The van der Waals surface area contributed by atoms with Gasteiger partial charge in [0.2, 0.25) is 5.95 Å². The standard InChI is InChI=1S/C22H23N5O/c1-16(28)17-5-4-6-19(15-17)24-21-11-12-23-22(26-21)25-18-7-9-20(10-8-18)27-13-2-3-14-27/h4-12,15H,2-3,13-14H2,1H3,(H2,23,24,25,26). The van der Waals surface area contributed by atoms with Crippen LogP contribution in [-0.4, -0.2) is 28.8 Å². The highest BCUT2D eigenvalue weighted by molar-refractivity contribution is 5.95. The van der Waals surface area contributed by atoms with Gasteiger partial charge >= 0.3 is 0 Å². The second kappa shape index (κ2) is 8.08. The lowest BCUT2D eigenvalue weighted by molar-refractivity contribution is 0.101. The second-order valence-corrected chi connectivity index (χ2v) is 6.89. The molecule has 6 heteroatoms. The topological polar surface area (TPSA) is 70.2 Å². The number of Topliss-reactive ketones (excluding diaryl/α,β-unsaturated/α-hetero) is 1. The molecule has 1 aromatic heterocycles. The van der Waals surface area contributed by atoms with Gasteiger partial charge in [0.25, 0.3) is 0 Å². The number of nitrogens with zero attached hydrogens (tertiary/aromatic N) is 3. The van der Waals surface area contributed by atoms with E-state index >= 15 is 0 Å². The van der Waals surface area contributed by atoms with Gasteiger partial charge in [-0.3, -0.25) is 4.79 Å². The third-order valence-electron chi connectivity index (χ3n) is 4.79. The Morgan fingerprint density at radius 1 is 0.964 bits per heavy atom. The van der Waals surface area contributed by atoms with E-state index in [1.807, 2.05) is 30.3 Å². The van der Waals surface area contributed by atoms with Crippen LogP contribution in [0.15, 0.2) is 60.8 Å². The largest absolute Gasteiger partial charge is 0.372 e. The Labute approximate surface area is 164 Å². The number of anilines is 5. The number of carbonyl (C=O) groups excluding carboxylic acids is 1. The van der Waals surface area contributed by atoms with Gasteiger partial charge in [0.1, 0.15) is 5.82 Å². The molecule has 4 rings (SSSR count). The zero-order chi connectivity index (χ0) is 19.3. The highest BCUT2D eigenvalue weighted by Gasteiger charge is 2.12. The molecule has 1 aliphatic heterocycles. The Morgan fingerprint density at radius 3 is 2.50 bits per heavy atom. The predicted octanol–water partition coefficient (Wildman–Crippen LogP) is 4.77. The fourth-order valence-electron chi connectivity index (χ4n) is 3.31. The maximum absolute atomic E-state index is 11.5.